The second-order valence-corrected chi connectivity index (χ2v) is 11.5. The molecule has 0 aromatic heterocycles. The number of benzene rings is 3. The van der Waals surface area contributed by atoms with E-state index in [1.165, 1.54) is 30.5 Å². The fourth-order valence-corrected chi connectivity index (χ4v) is 5.91. The maximum absolute atomic E-state index is 13.5. The quantitative estimate of drug-likeness (QED) is 0.546. The molecular formula is C25H24N2O4S2. The van der Waals surface area contributed by atoms with Gasteiger partial charge in [0.15, 0.2) is 0 Å². The van der Waals surface area contributed by atoms with Crippen LogP contribution in [-0.2, 0) is 26.5 Å². The normalized spacial score (nSPS) is 15.4. The van der Waals surface area contributed by atoms with Gasteiger partial charge in [0.05, 0.1) is 9.79 Å². The van der Waals surface area contributed by atoms with Crippen LogP contribution in [0.15, 0.2) is 87.1 Å². The molecule has 170 valence electrons. The highest BCUT2D eigenvalue weighted by atomic mass is 32.2. The smallest absolute Gasteiger partial charge is 0.227 e. The molecule has 1 aliphatic heterocycles. The predicted molar refractivity (Wildman–Crippen MR) is 130 cm³/mol. The summed E-state index contributed by atoms with van der Waals surface area (Å²) in [6.45, 7) is 5.66. The summed E-state index contributed by atoms with van der Waals surface area (Å²) < 4.78 is 58.3. The maximum Gasteiger partial charge on any atom is 0.283 e. The van der Waals surface area contributed by atoms with Crippen LogP contribution in [0.5, 0.6) is 0 Å². The molecule has 0 saturated heterocycles. The highest BCUT2D eigenvalue weighted by molar-refractivity contribution is 7.91. The van der Waals surface area contributed by atoms with Gasteiger partial charge in [-0.05, 0) is 62.2 Å². The second-order valence-electron chi connectivity index (χ2n) is 8.10. The minimum Gasteiger partial charge on any atom is -0.227 e. The van der Waals surface area contributed by atoms with Crippen molar-refractivity contribution in [3.05, 3.63) is 101 Å². The van der Waals surface area contributed by atoms with Gasteiger partial charge in [-0.3, -0.25) is 0 Å². The third-order valence-corrected chi connectivity index (χ3v) is 8.45. The molecule has 6 nitrogen and oxygen atoms in total. The van der Waals surface area contributed by atoms with Gasteiger partial charge in [-0.1, -0.05) is 59.2 Å². The molecule has 0 N–H and O–H groups in total. The summed E-state index contributed by atoms with van der Waals surface area (Å²) in [6, 6.07) is 18.4. The van der Waals surface area contributed by atoms with Crippen LogP contribution >= 0.6 is 0 Å². The van der Waals surface area contributed by atoms with Gasteiger partial charge in [0.2, 0.25) is 0 Å². The molecule has 0 fully saturated rings. The molecule has 1 aliphatic rings. The lowest BCUT2D eigenvalue weighted by Crippen LogP contribution is -2.34. The number of rotatable bonds is 4. The summed E-state index contributed by atoms with van der Waals surface area (Å²) in [5.41, 5.74) is 4.44. The number of fused-ring (bicyclic) bond motifs is 1. The van der Waals surface area contributed by atoms with Crippen molar-refractivity contribution in [2.45, 2.75) is 37.0 Å². The van der Waals surface area contributed by atoms with Crippen molar-refractivity contribution in [1.82, 2.24) is 4.31 Å². The molecule has 3 aromatic rings. The fraction of sp³-hybridized carbons (Fsp3) is 0.160. The van der Waals surface area contributed by atoms with Gasteiger partial charge in [-0.2, -0.15) is 8.42 Å². The Balaban J connectivity index is 1.88. The average molecular weight is 481 g/mol. The molecule has 0 amide bonds. The predicted octanol–water partition coefficient (Wildman–Crippen LogP) is 4.62. The standard InChI is InChI=1S/C25H24N2O4S2/c1-18-5-10-23(11-6-18)32(28,29)26-25-17-21-9-4-20(3)16-22(21)14-15-27(25)33(30,31)24-12-7-19(2)8-13-24/h4-16H,17H2,1-3H3/b26-25+. The van der Waals surface area contributed by atoms with Crippen molar-refractivity contribution in [2.75, 3.05) is 0 Å². The first-order chi connectivity index (χ1) is 15.6. The zero-order valence-electron chi connectivity index (χ0n) is 18.6. The van der Waals surface area contributed by atoms with E-state index in [4.69, 9.17) is 0 Å². The summed E-state index contributed by atoms with van der Waals surface area (Å²) in [6.07, 6.45) is 3.10. The third kappa shape index (κ3) is 4.77. The van der Waals surface area contributed by atoms with Gasteiger partial charge in [0.1, 0.15) is 5.84 Å². The molecule has 0 aliphatic carbocycles. The largest absolute Gasteiger partial charge is 0.283 e. The topological polar surface area (TPSA) is 83.9 Å². The third-order valence-electron chi connectivity index (χ3n) is 5.42. The summed E-state index contributed by atoms with van der Waals surface area (Å²) in [5.74, 6) is -0.0880. The molecule has 0 unspecified atom stereocenters. The Kier molecular flexibility index (Phi) is 5.99. The van der Waals surface area contributed by atoms with Crippen LogP contribution in [0.3, 0.4) is 0 Å². The number of nitrogens with zero attached hydrogens (tertiary/aromatic N) is 2. The molecule has 0 spiro atoms. The van der Waals surface area contributed by atoms with E-state index >= 15 is 0 Å². The Labute approximate surface area is 195 Å². The summed E-state index contributed by atoms with van der Waals surface area (Å²) in [5, 5.41) is 0. The van der Waals surface area contributed by atoms with Gasteiger partial charge < -0.3 is 0 Å². The summed E-state index contributed by atoms with van der Waals surface area (Å²) in [7, 11) is -8.23. The van der Waals surface area contributed by atoms with E-state index in [9.17, 15) is 16.8 Å². The summed E-state index contributed by atoms with van der Waals surface area (Å²) in [4.78, 5) is 0.0611. The first-order valence-corrected chi connectivity index (χ1v) is 13.2. The highest BCUT2D eigenvalue weighted by Gasteiger charge is 2.30. The first-order valence-electron chi connectivity index (χ1n) is 10.4. The molecule has 4 rings (SSSR count). The second kappa shape index (κ2) is 8.61. The number of sulfonamides is 2. The number of hydrogen-bond acceptors (Lipinski definition) is 4. The van der Waals surface area contributed by atoms with E-state index in [0.29, 0.717) is 0 Å². The zero-order chi connectivity index (χ0) is 23.8. The highest BCUT2D eigenvalue weighted by Crippen LogP contribution is 2.26. The minimum absolute atomic E-state index is 0.00522. The number of amidine groups is 1. The van der Waals surface area contributed by atoms with Gasteiger partial charge >= 0.3 is 0 Å². The number of aryl methyl sites for hydroxylation is 3. The van der Waals surface area contributed by atoms with Gasteiger partial charge in [-0.25, -0.2) is 12.7 Å². The fourth-order valence-electron chi connectivity index (χ4n) is 3.53. The molecule has 8 heteroatoms. The molecule has 0 bridgehead atoms. The van der Waals surface area contributed by atoms with Gasteiger partial charge in [-0.15, -0.1) is 4.40 Å². The lowest BCUT2D eigenvalue weighted by molar-refractivity contribution is 0.562. The van der Waals surface area contributed by atoms with Crippen LogP contribution in [0.2, 0.25) is 0 Å². The Bertz CT molecular complexity index is 1470. The summed E-state index contributed by atoms with van der Waals surface area (Å²) >= 11 is 0. The molecule has 0 atom stereocenters. The molecule has 1 heterocycles. The van der Waals surface area contributed by atoms with E-state index in [-0.39, 0.29) is 22.0 Å². The van der Waals surface area contributed by atoms with Gasteiger partial charge in [0, 0.05) is 12.6 Å². The number of hydrogen-bond donors (Lipinski definition) is 0. The van der Waals surface area contributed by atoms with Crippen LogP contribution in [0, 0.1) is 20.8 Å². The van der Waals surface area contributed by atoms with Crippen LogP contribution in [0.25, 0.3) is 6.08 Å². The van der Waals surface area contributed by atoms with E-state index in [0.717, 1.165) is 32.1 Å². The van der Waals surface area contributed by atoms with Crippen molar-refractivity contribution in [2.24, 2.45) is 4.40 Å². The van der Waals surface area contributed by atoms with E-state index in [1.54, 1.807) is 30.3 Å². The van der Waals surface area contributed by atoms with E-state index in [2.05, 4.69) is 4.40 Å². The van der Waals surface area contributed by atoms with Crippen molar-refractivity contribution < 1.29 is 16.8 Å². The van der Waals surface area contributed by atoms with E-state index in [1.807, 2.05) is 39.0 Å². The van der Waals surface area contributed by atoms with Crippen LogP contribution in [0.4, 0.5) is 0 Å². The SMILES string of the molecule is Cc1ccc(S(=O)(=O)/N=C2\Cc3ccc(C)cc3C=CN2S(=O)(=O)c2ccc(C)cc2)cc1. The van der Waals surface area contributed by atoms with E-state index < -0.39 is 20.0 Å². The first kappa shape index (κ1) is 22.9. The van der Waals surface area contributed by atoms with Crippen LogP contribution in [0.1, 0.15) is 27.8 Å². The van der Waals surface area contributed by atoms with Gasteiger partial charge in [0.25, 0.3) is 20.0 Å². The van der Waals surface area contributed by atoms with Crippen molar-refractivity contribution >= 4 is 32.0 Å². The average Bonchev–Trinajstić information content (AvgIpc) is 2.93. The zero-order valence-corrected chi connectivity index (χ0v) is 20.2. The Morgan fingerprint density at radius 3 is 1.88 bits per heavy atom. The monoisotopic (exact) mass is 480 g/mol. The lowest BCUT2D eigenvalue weighted by atomic mass is 10.0. The van der Waals surface area contributed by atoms with Crippen LogP contribution < -0.4 is 0 Å². The van der Waals surface area contributed by atoms with Crippen molar-refractivity contribution in [3.63, 3.8) is 0 Å². The molecular weight excluding hydrogens is 456 g/mol. The Morgan fingerprint density at radius 2 is 1.27 bits per heavy atom. The van der Waals surface area contributed by atoms with Crippen molar-refractivity contribution in [1.29, 1.82) is 0 Å². The molecule has 0 radical (unpaired) electrons. The van der Waals surface area contributed by atoms with Crippen LogP contribution in [-0.4, -0.2) is 27.0 Å². The minimum atomic E-state index is -4.14. The maximum atomic E-state index is 13.5. The molecule has 3 aromatic carbocycles. The molecule has 0 saturated carbocycles. The molecule has 33 heavy (non-hydrogen) atoms. The lowest BCUT2D eigenvalue weighted by Gasteiger charge is -2.21. The van der Waals surface area contributed by atoms with Crippen molar-refractivity contribution in [3.8, 4) is 0 Å². The Morgan fingerprint density at radius 1 is 0.727 bits per heavy atom. The Hall–Kier alpha value is -3.23.